The van der Waals surface area contributed by atoms with Gasteiger partial charge in [0.2, 0.25) is 11.8 Å². The summed E-state index contributed by atoms with van der Waals surface area (Å²) in [6.07, 6.45) is 0.849. The van der Waals surface area contributed by atoms with Crippen molar-refractivity contribution in [2.24, 2.45) is 0 Å². The van der Waals surface area contributed by atoms with Gasteiger partial charge in [0, 0.05) is 16.9 Å². The van der Waals surface area contributed by atoms with Crippen LogP contribution in [0.15, 0.2) is 41.3 Å². The highest BCUT2D eigenvalue weighted by Gasteiger charge is 2.14. The van der Waals surface area contributed by atoms with E-state index in [1.165, 1.54) is 0 Å². The fourth-order valence-corrected chi connectivity index (χ4v) is 2.70. The molecule has 0 saturated carbocycles. The van der Waals surface area contributed by atoms with Crippen molar-refractivity contribution in [2.75, 3.05) is 5.32 Å². The molecule has 4 nitrogen and oxygen atoms in total. The van der Waals surface area contributed by atoms with Gasteiger partial charge in [-0.1, -0.05) is 11.6 Å². The summed E-state index contributed by atoms with van der Waals surface area (Å²) in [5.74, 6) is -5.54. The molecule has 27 heavy (non-hydrogen) atoms. The molecule has 2 aromatic carbocycles. The SMILES string of the molecule is Cc1cc(Cl)ccc1Nc1nc(=O)c(F)cn1Cc1cc(F)c(F)c(F)c1. The lowest BCUT2D eigenvalue weighted by Crippen LogP contribution is -2.20. The molecule has 0 spiro atoms. The summed E-state index contributed by atoms with van der Waals surface area (Å²) in [7, 11) is 0. The fraction of sp³-hybridized carbons (Fsp3) is 0.111. The third-order valence-electron chi connectivity index (χ3n) is 3.78. The monoisotopic (exact) mass is 397 g/mol. The number of anilines is 2. The zero-order chi connectivity index (χ0) is 19.7. The Morgan fingerprint density at radius 3 is 2.37 bits per heavy atom. The summed E-state index contributed by atoms with van der Waals surface area (Å²) < 4.78 is 54.8. The van der Waals surface area contributed by atoms with Crippen molar-refractivity contribution in [3.63, 3.8) is 0 Å². The molecule has 140 valence electrons. The Labute approximate surface area is 156 Å². The number of halogens is 5. The van der Waals surface area contributed by atoms with Gasteiger partial charge in [-0.15, -0.1) is 0 Å². The minimum absolute atomic E-state index is 0.0205. The highest BCUT2D eigenvalue weighted by atomic mass is 35.5. The summed E-state index contributed by atoms with van der Waals surface area (Å²) in [5.41, 5.74) is 0.193. The van der Waals surface area contributed by atoms with E-state index < -0.39 is 28.8 Å². The van der Waals surface area contributed by atoms with E-state index in [4.69, 9.17) is 11.6 Å². The van der Waals surface area contributed by atoms with E-state index in [0.29, 0.717) is 10.7 Å². The molecule has 0 aliphatic rings. The predicted molar refractivity (Wildman–Crippen MR) is 93.3 cm³/mol. The third kappa shape index (κ3) is 4.11. The van der Waals surface area contributed by atoms with Crippen LogP contribution in [0.2, 0.25) is 5.02 Å². The van der Waals surface area contributed by atoms with Gasteiger partial charge in [-0.2, -0.15) is 9.37 Å². The van der Waals surface area contributed by atoms with Crippen LogP contribution in [0.3, 0.4) is 0 Å². The summed E-state index contributed by atoms with van der Waals surface area (Å²) in [6.45, 7) is 1.50. The lowest BCUT2D eigenvalue weighted by Gasteiger charge is -2.15. The molecular formula is C18H12ClF4N3O. The fourth-order valence-electron chi connectivity index (χ4n) is 2.47. The number of benzene rings is 2. The van der Waals surface area contributed by atoms with Crippen molar-refractivity contribution in [1.82, 2.24) is 9.55 Å². The number of aryl methyl sites for hydroxylation is 1. The molecular weight excluding hydrogens is 386 g/mol. The van der Waals surface area contributed by atoms with Gasteiger partial charge >= 0.3 is 5.56 Å². The summed E-state index contributed by atoms with van der Waals surface area (Å²) >= 11 is 5.90. The minimum Gasteiger partial charge on any atom is -0.325 e. The lowest BCUT2D eigenvalue weighted by atomic mass is 10.2. The van der Waals surface area contributed by atoms with Crippen molar-refractivity contribution >= 4 is 23.2 Å². The van der Waals surface area contributed by atoms with Crippen LogP contribution < -0.4 is 10.9 Å². The van der Waals surface area contributed by atoms with Gasteiger partial charge in [0.25, 0.3) is 0 Å². The van der Waals surface area contributed by atoms with Crippen molar-refractivity contribution in [2.45, 2.75) is 13.5 Å². The molecule has 0 fully saturated rings. The maximum atomic E-state index is 13.7. The molecule has 1 N–H and O–H groups in total. The van der Waals surface area contributed by atoms with Gasteiger partial charge in [0.15, 0.2) is 17.5 Å². The van der Waals surface area contributed by atoms with E-state index in [0.717, 1.165) is 28.5 Å². The second kappa shape index (κ2) is 7.40. The highest BCUT2D eigenvalue weighted by molar-refractivity contribution is 6.30. The van der Waals surface area contributed by atoms with Crippen LogP contribution in [0.1, 0.15) is 11.1 Å². The van der Waals surface area contributed by atoms with Crippen LogP contribution in [0, 0.1) is 30.2 Å². The maximum Gasteiger partial charge on any atom is 0.310 e. The average Bonchev–Trinajstić information content (AvgIpc) is 2.59. The third-order valence-corrected chi connectivity index (χ3v) is 4.02. The molecule has 0 atom stereocenters. The lowest BCUT2D eigenvalue weighted by molar-refractivity contribution is 0.444. The standard InChI is InChI=1S/C18H12ClF4N3O/c1-9-4-11(19)2-3-15(9)24-18-25-17(27)14(22)8-26(18)7-10-5-12(20)16(23)13(21)6-10/h2-6,8H,7H2,1H3,(H,24,25,27). The molecule has 9 heteroatoms. The summed E-state index contributed by atoms with van der Waals surface area (Å²) in [5, 5.41) is 3.36. The Balaban J connectivity index is 2.02. The van der Waals surface area contributed by atoms with Gasteiger partial charge in [-0.05, 0) is 48.4 Å². The minimum atomic E-state index is -1.60. The van der Waals surface area contributed by atoms with Crippen molar-refractivity contribution in [1.29, 1.82) is 0 Å². The first-order chi connectivity index (χ1) is 12.7. The zero-order valence-electron chi connectivity index (χ0n) is 13.9. The summed E-state index contributed by atoms with van der Waals surface area (Å²) in [4.78, 5) is 15.2. The van der Waals surface area contributed by atoms with Gasteiger partial charge in [-0.3, -0.25) is 4.79 Å². The number of nitrogens with one attached hydrogen (secondary N) is 1. The molecule has 0 aliphatic heterocycles. The largest absolute Gasteiger partial charge is 0.325 e. The van der Waals surface area contributed by atoms with Crippen molar-refractivity contribution in [3.8, 4) is 0 Å². The second-order valence-electron chi connectivity index (χ2n) is 5.80. The second-order valence-corrected chi connectivity index (χ2v) is 6.24. The van der Waals surface area contributed by atoms with Gasteiger partial charge in [0.1, 0.15) is 0 Å². The van der Waals surface area contributed by atoms with Gasteiger partial charge < -0.3 is 9.88 Å². The Bertz CT molecular complexity index is 1060. The topological polar surface area (TPSA) is 46.9 Å². The molecule has 0 unspecified atom stereocenters. The predicted octanol–water partition coefficient (Wildman–Crippen LogP) is 4.55. The Hall–Kier alpha value is -2.87. The number of aromatic nitrogens is 2. The average molecular weight is 398 g/mol. The zero-order valence-corrected chi connectivity index (χ0v) is 14.6. The van der Waals surface area contributed by atoms with E-state index in [9.17, 15) is 22.4 Å². The number of nitrogens with zero attached hydrogens (tertiary/aromatic N) is 2. The molecule has 0 bridgehead atoms. The van der Waals surface area contributed by atoms with Gasteiger partial charge in [-0.25, -0.2) is 13.2 Å². The molecule has 1 heterocycles. The van der Waals surface area contributed by atoms with E-state index in [1.54, 1.807) is 25.1 Å². The van der Waals surface area contributed by atoms with E-state index in [1.807, 2.05) is 0 Å². The normalized spacial score (nSPS) is 10.9. The molecule has 0 saturated heterocycles. The van der Waals surface area contributed by atoms with Crippen LogP contribution in [-0.4, -0.2) is 9.55 Å². The van der Waals surface area contributed by atoms with E-state index in [2.05, 4.69) is 10.3 Å². The number of hydrogen-bond acceptors (Lipinski definition) is 3. The van der Waals surface area contributed by atoms with Crippen LogP contribution in [0.4, 0.5) is 29.2 Å². The smallest absolute Gasteiger partial charge is 0.310 e. The van der Waals surface area contributed by atoms with Crippen LogP contribution in [0.5, 0.6) is 0 Å². The first-order valence-electron chi connectivity index (χ1n) is 7.68. The molecule has 0 radical (unpaired) electrons. The summed E-state index contributed by atoms with van der Waals surface area (Å²) in [6, 6.07) is 6.47. The number of rotatable bonds is 4. The van der Waals surface area contributed by atoms with Crippen molar-refractivity contribution < 1.29 is 17.6 Å². The van der Waals surface area contributed by atoms with E-state index >= 15 is 0 Å². The Morgan fingerprint density at radius 2 is 1.74 bits per heavy atom. The van der Waals surface area contributed by atoms with Gasteiger partial charge in [0.05, 0.1) is 6.54 Å². The first-order valence-corrected chi connectivity index (χ1v) is 8.06. The quantitative estimate of drug-likeness (QED) is 0.519. The molecule has 3 rings (SSSR count). The molecule has 3 aromatic rings. The van der Waals surface area contributed by atoms with Crippen LogP contribution in [-0.2, 0) is 6.54 Å². The Kier molecular flexibility index (Phi) is 5.18. The van der Waals surface area contributed by atoms with Crippen LogP contribution in [0.25, 0.3) is 0 Å². The number of hydrogen-bond donors (Lipinski definition) is 1. The molecule has 0 amide bonds. The Morgan fingerprint density at radius 1 is 1.07 bits per heavy atom. The van der Waals surface area contributed by atoms with Crippen LogP contribution >= 0.6 is 11.6 Å². The molecule has 1 aromatic heterocycles. The van der Waals surface area contributed by atoms with E-state index in [-0.39, 0.29) is 18.1 Å². The van der Waals surface area contributed by atoms with Crippen molar-refractivity contribution in [3.05, 3.63) is 86.3 Å². The molecule has 0 aliphatic carbocycles. The highest BCUT2D eigenvalue weighted by Crippen LogP contribution is 2.23. The maximum absolute atomic E-state index is 13.7. The first kappa shape index (κ1) is 18.9.